The van der Waals surface area contributed by atoms with E-state index in [1.807, 2.05) is 12.1 Å². The molecule has 1 aromatic carbocycles. The van der Waals surface area contributed by atoms with Gasteiger partial charge in [0.15, 0.2) is 5.82 Å². The van der Waals surface area contributed by atoms with Crippen LogP contribution in [0.3, 0.4) is 0 Å². The van der Waals surface area contributed by atoms with E-state index in [1.165, 1.54) is 5.56 Å². The Labute approximate surface area is 129 Å². The van der Waals surface area contributed by atoms with Gasteiger partial charge in [-0.2, -0.15) is 0 Å². The van der Waals surface area contributed by atoms with Gasteiger partial charge in [0.1, 0.15) is 11.5 Å². The lowest BCUT2D eigenvalue weighted by atomic mass is 10.0. The van der Waals surface area contributed by atoms with Crippen LogP contribution in [0.4, 0.5) is 11.5 Å². The van der Waals surface area contributed by atoms with Crippen LogP contribution in [0.1, 0.15) is 17.7 Å². The maximum Gasteiger partial charge on any atom is 0.245 e. The van der Waals surface area contributed by atoms with Crippen molar-refractivity contribution in [2.75, 3.05) is 30.4 Å². The molecule has 0 aliphatic carbocycles. The normalized spacial score (nSPS) is 13.6. The van der Waals surface area contributed by atoms with Crippen molar-refractivity contribution in [2.24, 2.45) is 0 Å². The topological polar surface area (TPSA) is 67.6 Å². The zero-order valence-corrected chi connectivity index (χ0v) is 12.8. The lowest BCUT2D eigenvalue weighted by Crippen LogP contribution is -2.37. The van der Waals surface area contributed by atoms with Gasteiger partial charge in [-0.3, -0.25) is 4.79 Å². The van der Waals surface area contributed by atoms with Gasteiger partial charge in [0.05, 0.1) is 19.3 Å². The average Bonchev–Trinajstić information content (AvgIpc) is 2.91. The number of fused-ring (bicyclic) bond motifs is 1. The number of methoxy groups -OCH3 is 1. The van der Waals surface area contributed by atoms with Gasteiger partial charge in [0.25, 0.3) is 0 Å². The van der Waals surface area contributed by atoms with Gasteiger partial charge in [-0.1, -0.05) is 17.3 Å². The number of ether oxygens (including phenoxy) is 1. The summed E-state index contributed by atoms with van der Waals surface area (Å²) in [6, 6.07) is 7.70. The SMILES string of the molecule is COc1cccc2c1N(CC(=O)Nc1cc(C)on1)CCC2. The first-order valence-electron chi connectivity index (χ1n) is 7.31. The number of carbonyl (C=O) groups is 1. The van der Waals surface area contributed by atoms with Gasteiger partial charge in [0, 0.05) is 12.6 Å². The van der Waals surface area contributed by atoms with Gasteiger partial charge in [-0.15, -0.1) is 0 Å². The second-order valence-corrected chi connectivity index (χ2v) is 5.36. The Morgan fingerprint density at radius 2 is 2.36 bits per heavy atom. The summed E-state index contributed by atoms with van der Waals surface area (Å²) in [4.78, 5) is 14.3. The average molecular weight is 301 g/mol. The summed E-state index contributed by atoms with van der Waals surface area (Å²) in [6.07, 6.45) is 2.03. The Hall–Kier alpha value is -2.50. The van der Waals surface area contributed by atoms with Crippen molar-refractivity contribution in [1.82, 2.24) is 5.16 Å². The highest BCUT2D eigenvalue weighted by atomic mass is 16.5. The molecule has 0 fully saturated rings. The van der Waals surface area contributed by atoms with Gasteiger partial charge >= 0.3 is 0 Å². The molecule has 0 saturated carbocycles. The van der Waals surface area contributed by atoms with Crippen molar-refractivity contribution < 1.29 is 14.1 Å². The Morgan fingerprint density at radius 1 is 1.50 bits per heavy atom. The Balaban J connectivity index is 1.75. The molecule has 2 aromatic rings. The fourth-order valence-corrected chi connectivity index (χ4v) is 2.80. The summed E-state index contributed by atoms with van der Waals surface area (Å²) in [6.45, 7) is 2.88. The fraction of sp³-hybridized carbons (Fsp3) is 0.375. The largest absolute Gasteiger partial charge is 0.495 e. The van der Waals surface area contributed by atoms with Crippen LogP contribution in [0.25, 0.3) is 0 Å². The Bertz CT molecular complexity index is 667. The van der Waals surface area contributed by atoms with Crippen LogP contribution in [-0.4, -0.2) is 31.3 Å². The number of anilines is 2. The van der Waals surface area contributed by atoms with Crippen molar-refractivity contribution in [3.8, 4) is 5.75 Å². The number of rotatable bonds is 4. The quantitative estimate of drug-likeness (QED) is 0.939. The van der Waals surface area contributed by atoms with Gasteiger partial charge in [0.2, 0.25) is 5.91 Å². The van der Waals surface area contributed by atoms with Gasteiger partial charge in [-0.25, -0.2) is 0 Å². The molecule has 0 atom stereocenters. The molecule has 0 saturated heterocycles. The number of aryl methyl sites for hydroxylation is 2. The number of nitrogens with one attached hydrogen (secondary N) is 1. The molecule has 6 nitrogen and oxygen atoms in total. The third-order valence-corrected chi connectivity index (χ3v) is 3.72. The highest BCUT2D eigenvalue weighted by Gasteiger charge is 2.23. The van der Waals surface area contributed by atoms with Crippen molar-refractivity contribution in [1.29, 1.82) is 0 Å². The number of para-hydroxylation sites is 1. The second kappa shape index (κ2) is 6.09. The van der Waals surface area contributed by atoms with E-state index in [-0.39, 0.29) is 12.5 Å². The summed E-state index contributed by atoms with van der Waals surface area (Å²) in [7, 11) is 1.65. The lowest BCUT2D eigenvalue weighted by molar-refractivity contribution is -0.115. The first kappa shape index (κ1) is 14.4. The van der Waals surface area contributed by atoms with Crippen molar-refractivity contribution in [3.63, 3.8) is 0 Å². The molecule has 0 radical (unpaired) electrons. The van der Waals surface area contributed by atoms with Gasteiger partial charge in [-0.05, 0) is 31.4 Å². The van der Waals surface area contributed by atoms with E-state index in [1.54, 1.807) is 20.1 Å². The molecule has 1 aliphatic heterocycles. The number of hydrogen-bond donors (Lipinski definition) is 1. The van der Waals surface area contributed by atoms with Crippen LogP contribution in [0.15, 0.2) is 28.8 Å². The maximum atomic E-state index is 12.2. The summed E-state index contributed by atoms with van der Waals surface area (Å²) >= 11 is 0. The summed E-state index contributed by atoms with van der Waals surface area (Å²) in [5, 5.41) is 6.53. The molecule has 0 unspecified atom stereocenters. The smallest absolute Gasteiger partial charge is 0.245 e. The predicted octanol–water partition coefficient (Wildman–Crippen LogP) is 2.38. The zero-order valence-electron chi connectivity index (χ0n) is 12.8. The van der Waals surface area contributed by atoms with Crippen molar-refractivity contribution in [3.05, 3.63) is 35.6 Å². The minimum atomic E-state index is -0.118. The van der Waals surface area contributed by atoms with Crippen LogP contribution >= 0.6 is 0 Å². The van der Waals surface area contributed by atoms with Crippen LogP contribution in [-0.2, 0) is 11.2 Å². The molecule has 22 heavy (non-hydrogen) atoms. The predicted molar refractivity (Wildman–Crippen MR) is 83.4 cm³/mol. The molecule has 1 amide bonds. The monoisotopic (exact) mass is 301 g/mol. The number of carbonyl (C=O) groups excluding carboxylic acids is 1. The molecule has 6 heteroatoms. The molecule has 116 valence electrons. The molecular weight excluding hydrogens is 282 g/mol. The fourth-order valence-electron chi connectivity index (χ4n) is 2.80. The van der Waals surface area contributed by atoms with Gasteiger partial charge < -0.3 is 19.5 Å². The molecule has 3 rings (SSSR count). The summed E-state index contributed by atoms with van der Waals surface area (Å²) in [5.41, 5.74) is 2.23. The molecule has 2 heterocycles. The minimum absolute atomic E-state index is 0.118. The first-order valence-corrected chi connectivity index (χ1v) is 7.31. The number of aromatic nitrogens is 1. The lowest BCUT2D eigenvalue weighted by Gasteiger charge is -2.31. The van der Waals surface area contributed by atoms with Crippen LogP contribution < -0.4 is 15.0 Å². The Kier molecular flexibility index (Phi) is 4.00. The van der Waals surface area contributed by atoms with E-state index in [9.17, 15) is 4.79 Å². The van der Waals surface area contributed by atoms with E-state index in [0.29, 0.717) is 11.6 Å². The molecule has 0 spiro atoms. The van der Waals surface area contributed by atoms with Crippen LogP contribution in [0.2, 0.25) is 0 Å². The third kappa shape index (κ3) is 2.90. The van der Waals surface area contributed by atoms with E-state index in [4.69, 9.17) is 9.26 Å². The first-order chi connectivity index (χ1) is 10.7. The highest BCUT2D eigenvalue weighted by molar-refractivity contribution is 5.93. The number of nitrogens with zero attached hydrogens (tertiary/aromatic N) is 2. The van der Waals surface area contributed by atoms with E-state index >= 15 is 0 Å². The van der Waals surface area contributed by atoms with E-state index in [0.717, 1.165) is 30.8 Å². The van der Waals surface area contributed by atoms with Crippen molar-refractivity contribution in [2.45, 2.75) is 19.8 Å². The van der Waals surface area contributed by atoms with Crippen LogP contribution in [0.5, 0.6) is 5.75 Å². The third-order valence-electron chi connectivity index (χ3n) is 3.72. The van der Waals surface area contributed by atoms with E-state index in [2.05, 4.69) is 21.4 Å². The zero-order chi connectivity index (χ0) is 15.5. The Morgan fingerprint density at radius 3 is 3.09 bits per heavy atom. The number of amides is 1. The summed E-state index contributed by atoms with van der Waals surface area (Å²) < 4.78 is 10.4. The molecule has 0 bridgehead atoms. The van der Waals surface area contributed by atoms with E-state index < -0.39 is 0 Å². The molecule has 1 aromatic heterocycles. The highest BCUT2D eigenvalue weighted by Crippen LogP contribution is 2.35. The van der Waals surface area contributed by atoms with Crippen LogP contribution in [0, 0.1) is 6.92 Å². The molecule has 1 aliphatic rings. The molecular formula is C16H19N3O3. The number of benzene rings is 1. The van der Waals surface area contributed by atoms with Crippen molar-refractivity contribution >= 4 is 17.4 Å². The maximum absolute atomic E-state index is 12.2. The standard InChI is InChI=1S/C16H19N3O3/c1-11-9-14(18-22-11)17-15(20)10-19-8-4-6-12-5-3-7-13(21-2)16(12)19/h3,5,7,9H,4,6,8,10H2,1-2H3,(H,17,18,20). The minimum Gasteiger partial charge on any atom is -0.495 e. The summed E-state index contributed by atoms with van der Waals surface area (Å²) in [5.74, 6) is 1.80. The molecule has 1 N–H and O–H groups in total. The second-order valence-electron chi connectivity index (χ2n) is 5.36. The number of hydrogen-bond acceptors (Lipinski definition) is 5.